The van der Waals surface area contributed by atoms with Crippen LogP contribution in [0.5, 0.6) is 11.5 Å². The maximum Gasteiger partial charge on any atom is 0.305 e. The van der Waals surface area contributed by atoms with Gasteiger partial charge in [-0.3, -0.25) is 62.5 Å². The standard InChI is InChI=1S/C70H98N16O16S2/c1-5-6-16-51-65(96)83-54(33-60(91)92)67(98)85-61(41(2)3)69(100)84-53(32-45-34-75-49-17-10-9-15-48(45)49)66(97)82-52(31-42-20-22-46(87)23-21-42)64(95)76-35-57(88)80-55(62(71)93)40-104-39-44-28-43(38-103-4)29-47(30-44)101-26-11-7-8-12-27-102-78-36-58(89)79-50(18-13-24-74-70(72)73)63(94)77-37-59(90)86-25-14-19-56(86)68(99)81-51/h9-10,15,17,20-23,28-30,34,36,41,50-56,61,75,87H,5-8,11-14,16,18-19,24-27,31-33,35,37-40H2,1-4H3,(H2,71,93)(H,76,95)(H,77,94)(H,79,89)(H,80,88)(H,81,99)(H,82,97)(H,83,96)(H,84,100)(H,85,98)(H,91,92)(H4,72,73,74)/t50-,51-,52-,53-,54-,55-,56-,61?/m0/s1. The van der Waals surface area contributed by atoms with Crippen LogP contribution in [0.15, 0.2) is 83.1 Å². The summed E-state index contributed by atoms with van der Waals surface area (Å²) in [6, 6.07) is 7.56. The first-order valence-electron chi connectivity index (χ1n) is 34.7. The Balaban J connectivity index is 1.27. The summed E-state index contributed by atoms with van der Waals surface area (Å²) >= 11 is 2.95. The quantitative estimate of drug-likeness (QED) is 0.0396. The molecule has 104 heavy (non-hydrogen) atoms. The summed E-state index contributed by atoms with van der Waals surface area (Å²) in [6.07, 6.45) is 7.59. The molecule has 0 aliphatic carbocycles. The summed E-state index contributed by atoms with van der Waals surface area (Å²) in [5.41, 5.74) is 20.4. The van der Waals surface area contributed by atoms with E-state index in [-0.39, 0.29) is 75.7 Å². The predicted molar refractivity (Wildman–Crippen MR) is 392 cm³/mol. The van der Waals surface area contributed by atoms with Crippen molar-refractivity contribution in [1.29, 1.82) is 0 Å². The van der Waals surface area contributed by atoms with Crippen LogP contribution in [0.2, 0.25) is 0 Å². The lowest BCUT2D eigenvalue weighted by Crippen LogP contribution is -2.61. The zero-order chi connectivity index (χ0) is 75.7. The third kappa shape index (κ3) is 27.9. The highest BCUT2D eigenvalue weighted by molar-refractivity contribution is 7.98. The molecule has 4 aromatic rings. The number of amides is 11. The average molecular weight is 1480 g/mol. The minimum atomic E-state index is -1.85. The van der Waals surface area contributed by atoms with Crippen LogP contribution in [-0.2, 0) is 86.7 Å². The molecule has 0 spiro atoms. The van der Waals surface area contributed by atoms with Crippen LogP contribution in [-0.4, -0.2) is 203 Å². The van der Waals surface area contributed by atoms with Gasteiger partial charge in [0.1, 0.15) is 72.7 Å². The van der Waals surface area contributed by atoms with Crippen molar-refractivity contribution in [2.45, 2.75) is 171 Å². The van der Waals surface area contributed by atoms with Gasteiger partial charge in [-0.2, -0.15) is 23.5 Å². The van der Waals surface area contributed by atoms with E-state index in [0.29, 0.717) is 78.0 Å². The van der Waals surface area contributed by atoms with Gasteiger partial charge in [0, 0.05) is 60.3 Å². The highest BCUT2D eigenvalue weighted by atomic mass is 32.2. The van der Waals surface area contributed by atoms with Gasteiger partial charge in [-0.15, -0.1) is 0 Å². The van der Waals surface area contributed by atoms with E-state index in [1.165, 1.54) is 40.9 Å². The van der Waals surface area contributed by atoms with E-state index in [1.54, 1.807) is 56.1 Å². The summed E-state index contributed by atoms with van der Waals surface area (Å²) in [4.78, 5) is 180. The number of carboxylic acid groups (broad SMARTS) is 1. The van der Waals surface area contributed by atoms with E-state index in [0.717, 1.165) is 30.2 Å². The molecule has 8 atom stereocenters. The molecule has 0 saturated carbocycles. The Morgan fingerprint density at radius 3 is 2.08 bits per heavy atom. The number of guanidine groups is 1. The Hall–Kier alpha value is -10.1. The topological polar surface area (TPSA) is 494 Å². The van der Waals surface area contributed by atoms with Crippen LogP contribution in [0.3, 0.4) is 0 Å². The second-order valence-electron chi connectivity index (χ2n) is 25.6. The van der Waals surface area contributed by atoms with Gasteiger partial charge in [0.2, 0.25) is 59.1 Å². The number of H-pyrrole nitrogens is 1. The molecule has 0 radical (unpaired) electrons. The number of benzene rings is 3. The van der Waals surface area contributed by atoms with Crippen molar-refractivity contribution in [1.82, 2.24) is 57.7 Å². The molecule has 1 saturated heterocycles. The van der Waals surface area contributed by atoms with Gasteiger partial charge in [-0.1, -0.05) is 75.2 Å². The van der Waals surface area contributed by atoms with E-state index in [4.69, 9.17) is 26.8 Å². The fourth-order valence-corrected chi connectivity index (χ4v) is 13.1. The molecule has 32 nitrogen and oxygen atoms in total. The number of ether oxygens (including phenoxy) is 1. The summed E-state index contributed by atoms with van der Waals surface area (Å²) in [5, 5.41) is 48.1. The van der Waals surface area contributed by atoms with Gasteiger partial charge >= 0.3 is 5.97 Å². The summed E-state index contributed by atoms with van der Waals surface area (Å²) < 4.78 is 6.18. The maximum atomic E-state index is 14.9. The first-order chi connectivity index (χ1) is 49.8. The first-order valence-corrected chi connectivity index (χ1v) is 37.2. The monoisotopic (exact) mass is 1480 g/mol. The van der Waals surface area contributed by atoms with Gasteiger partial charge < -0.3 is 94.7 Å². The Morgan fingerprint density at radius 2 is 1.37 bits per heavy atom. The number of unbranched alkanes of at least 4 members (excludes halogenated alkanes) is 1. The molecule has 2 aliphatic heterocycles. The predicted octanol–water partition coefficient (Wildman–Crippen LogP) is 0.887. The van der Waals surface area contributed by atoms with Crippen molar-refractivity contribution in [3.63, 3.8) is 0 Å². The molecule has 34 heteroatoms. The highest BCUT2D eigenvalue weighted by Gasteiger charge is 2.39. The van der Waals surface area contributed by atoms with Crippen molar-refractivity contribution in [2.24, 2.45) is 33.3 Å². The minimum Gasteiger partial charge on any atom is -0.508 e. The number of hydrogen-bond acceptors (Lipinski definition) is 19. The lowest BCUT2D eigenvalue weighted by atomic mass is 9.99. The number of para-hydroxylation sites is 1. The molecule has 18 N–H and O–H groups in total. The number of aromatic nitrogens is 1. The molecule has 3 heterocycles. The largest absolute Gasteiger partial charge is 0.508 e. The summed E-state index contributed by atoms with van der Waals surface area (Å²) in [7, 11) is 0. The number of nitrogens with one attached hydrogen (secondary N) is 10. The number of nitrogens with zero attached hydrogens (tertiary/aromatic N) is 3. The summed E-state index contributed by atoms with van der Waals surface area (Å²) in [5.74, 6) is -10.1. The van der Waals surface area contributed by atoms with Crippen LogP contribution >= 0.6 is 23.5 Å². The number of phenolic OH excluding ortho intramolecular Hbond substituents is 1. The SMILES string of the molecule is CCCC[C@@H]1NC(=O)[C@@H]2CCCN2C(=O)CNC(=O)[C@H](CCCN=C(N)N)NC(=O)C=NOCCCCCCOc2cc(CSC)cc(c2)CSC[C@@H](C(N)=O)NC(=O)CNC(=O)[C@H](Cc2ccc(O)cc2)NC(=O)[C@H](Cc2c[nH]c3ccccc23)NC(=O)C(C(C)C)NC(=O)[C@H](CC(=O)O)NC1=O. The molecule has 566 valence electrons. The number of aromatic amines is 1. The third-order valence-electron chi connectivity index (χ3n) is 17.0. The number of aliphatic carboxylic acids is 1. The van der Waals surface area contributed by atoms with Crippen molar-refractivity contribution in [2.75, 3.05) is 51.4 Å². The number of aromatic hydroxyl groups is 1. The fraction of sp³-hybridized carbons (Fsp3) is 0.514. The number of thioether (sulfide) groups is 2. The zero-order valence-corrected chi connectivity index (χ0v) is 60.6. The Bertz CT molecular complexity index is 3670. The lowest BCUT2D eigenvalue weighted by molar-refractivity contribution is -0.142. The Kier molecular flexibility index (Phi) is 34.3. The maximum absolute atomic E-state index is 14.9. The average Bonchev–Trinajstić information content (AvgIpc) is 1.62. The van der Waals surface area contributed by atoms with E-state index in [9.17, 15) is 67.7 Å². The van der Waals surface area contributed by atoms with Crippen LogP contribution in [0.25, 0.3) is 10.9 Å². The first kappa shape index (κ1) is 82.8. The fourth-order valence-electron chi connectivity index (χ4n) is 11.6. The van der Waals surface area contributed by atoms with Crippen molar-refractivity contribution < 1.29 is 77.3 Å². The number of nitrogens with two attached hydrogens (primary N) is 3. The van der Waals surface area contributed by atoms with Gasteiger partial charge in [0.25, 0.3) is 5.91 Å². The van der Waals surface area contributed by atoms with Crippen LogP contribution in [0.1, 0.15) is 120 Å². The molecular weight excluding hydrogens is 1380 g/mol. The molecule has 1 unspecified atom stereocenters. The molecule has 3 aromatic carbocycles. The van der Waals surface area contributed by atoms with Gasteiger partial charge in [0.15, 0.2) is 5.96 Å². The van der Waals surface area contributed by atoms with E-state index >= 15 is 0 Å². The number of primary amides is 1. The highest BCUT2D eigenvalue weighted by Crippen LogP contribution is 2.26. The number of fused-ring (bicyclic) bond motifs is 4. The molecule has 2 aliphatic rings. The van der Waals surface area contributed by atoms with Crippen LogP contribution in [0.4, 0.5) is 0 Å². The lowest BCUT2D eigenvalue weighted by Gasteiger charge is -2.29. The van der Waals surface area contributed by atoms with Crippen molar-refractivity contribution in [3.8, 4) is 11.5 Å². The zero-order valence-electron chi connectivity index (χ0n) is 59.0. The summed E-state index contributed by atoms with van der Waals surface area (Å²) in [6.45, 7) is 4.48. The number of aliphatic imine (C=N–C) groups is 1. The van der Waals surface area contributed by atoms with Gasteiger partial charge in [-0.05, 0) is 123 Å². The van der Waals surface area contributed by atoms with E-state index in [2.05, 4.69) is 63.0 Å². The van der Waals surface area contributed by atoms with E-state index in [1.807, 2.05) is 31.4 Å². The second-order valence-corrected chi connectivity index (χ2v) is 27.5. The number of carbonyl (C=O) groups is 12. The number of carbonyl (C=O) groups excluding carboxylic acids is 11. The molecule has 2 bridgehead atoms. The van der Waals surface area contributed by atoms with Crippen molar-refractivity contribution >= 4 is 118 Å². The second kappa shape index (κ2) is 43.1. The van der Waals surface area contributed by atoms with Crippen LogP contribution in [0, 0.1) is 5.92 Å². The number of carboxylic acids is 1. The number of hydrogen-bond donors (Lipinski definition) is 15. The smallest absolute Gasteiger partial charge is 0.305 e. The molecule has 1 fully saturated rings. The number of phenols is 1. The van der Waals surface area contributed by atoms with Gasteiger partial charge in [0.05, 0.1) is 26.1 Å². The van der Waals surface area contributed by atoms with E-state index < -0.39 is 145 Å². The molecular formula is C70H98N16O16S2. The van der Waals surface area contributed by atoms with Crippen LogP contribution < -0.4 is 69.8 Å². The Labute approximate surface area is 611 Å². The minimum absolute atomic E-state index is 0.00558. The molecule has 11 amide bonds. The number of oxime groups is 1. The van der Waals surface area contributed by atoms with Gasteiger partial charge in [-0.25, -0.2) is 0 Å². The Morgan fingerprint density at radius 1 is 0.712 bits per heavy atom. The molecule has 1 aromatic heterocycles. The normalized spacial score (nSPS) is 22.3. The van der Waals surface area contributed by atoms with Crippen molar-refractivity contribution in [3.05, 3.63) is 95.2 Å². The number of rotatable bonds is 17. The third-order valence-corrected chi connectivity index (χ3v) is 18.7. The molecule has 6 rings (SSSR count).